The highest BCUT2D eigenvalue weighted by Crippen LogP contribution is 2.23. The van der Waals surface area contributed by atoms with Crippen molar-refractivity contribution in [1.82, 2.24) is 23.4 Å². The predicted octanol–water partition coefficient (Wildman–Crippen LogP) is 1.78. The van der Waals surface area contributed by atoms with E-state index in [1.54, 1.807) is 8.61 Å². The molecule has 26 heavy (non-hydrogen) atoms. The number of nitrogens with zero attached hydrogens (tertiary/aromatic N) is 5. The molecule has 1 fully saturated rings. The minimum absolute atomic E-state index is 0.443. The minimum Gasteiger partial charge on any atom is -0.248 e. The second-order valence-electron chi connectivity index (χ2n) is 7.18. The first-order chi connectivity index (χ1) is 12.5. The van der Waals surface area contributed by atoms with Crippen LogP contribution < -0.4 is 0 Å². The van der Waals surface area contributed by atoms with Gasteiger partial charge in [0.25, 0.3) is 10.2 Å². The standard InChI is InChI=1S/C18H25N5O2S/c1-15-7-10-21(11-8-15)26(24,25)22-12-9-17-19-18(20-23(17)14-13-22)16-5-3-2-4-6-16/h2-6,15H,7-14H2,1H3. The van der Waals surface area contributed by atoms with Gasteiger partial charge in [0, 0.05) is 38.2 Å². The van der Waals surface area contributed by atoms with E-state index in [1.165, 1.54) is 0 Å². The van der Waals surface area contributed by atoms with E-state index in [2.05, 4.69) is 17.0 Å². The maximum Gasteiger partial charge on any atom is 0.282 e. The number of benzene rings is 1. The van der Waals surface area contributed by atoms with E-state index in [1.807, 2.05) is 35.0 Å². The van der Waals surface area contributed by atoms with Crippen molar-refractivity contribution in [3.63, 3.8) is 0 Å². The number of aromatic nitrogens is 3. The molecule has 0 radical (unpaired) electrons. The zero-order valence-electron chi connectivity index (χ0n) is 15.1. The molecule has 0 saturated carbocycles. The molecule has 0 unspecified atom stereocenters. The summed E-state index contributed by atoms with van der Waals surface area (Å²) in [5, 5.41) is 4.59. The van der Waals surface area contributed by atoms with Crippen LogP contribution in [-0.2, 0) is 23.2 Å². The molecule has 140 valence electrons. The van der Waals surface area contributed by atoms with Crippen LogP contribution in [-0.4, -0.2) is 58.0 Å². The van der Waals surface area contributed by atoms with E-state index in [4.69, 9.17) is 0 Å². The SMILES string of the molecule is CC1CCN(S(=O)(=O)N2CCc3nc(-c4ccccc4)nn3CC2)CC1. The van der Waals surface area contributed by atoms with E-state index in [9.17, 15) is 8.42 Å². The molecular weight excluding hydrogens is 350 g/mol. The minimum atomic E-state index is -3.39. The van der Waals surface area contributed by atoms with Crippen LogP contribution in [0.25, 0.3) is 11.4 Å². The van der Waals surface area contributed by atoms with Crippen LogP contribution in [0.1, 0.15) is 25.6 Å². The lowest BCUT2D eigenvalue weighted by atomic mass is 10.0. The number of hydrogen-bond acceptors (Lipinski definition) is 4. The van der Waals surface area contributed by atoms with Crippen LogP contribution in [0.2, 0.25) is 0 Å². The van der Waals surface area contributed by atoms with E-state index in [0.717, 1.165) is 24.2 Å². The summed E-state index contributed by atoms with van der Waals surface area (Å²) < 4.78 is 31.0. The number of hydrogen-bond donors (Lipinski definition) is 0. The molecule has 0 spiro atoms. The lowest BCUT2D eigenvalue weighted by molar-refractivity contribution is 0.264. The monoisotopic (exact) mass is 375 g/mol. The highest BCUT2D eigenvalue weighted by Gasteiger charge is 2.33. The summed E-state index contributed by atoms with van der Waals surface area (Å²) in [6.45, 7) is 4.88. The van der Waals surface area contributed by atoms with Gasteiger partial charge in [-0.25, -0.2) is 9.67 Å². The van der Waals surface area contributed by atoms with Gasteiger partial charge in [-0.3, -0.25) is 0 Å². The summed E-state index contributed by atoms with van der Waals surface area (Å²) in [6.07, 6.45) is 2.47. The van der Waals surface area contributed by atoms with E-state index in [-0.39, 0.29) is 0 Å². The summed E-state index contributed by atoms with van der Waals surface area (Å²) in [6, 6.07) is 9.88. The molecule has 0 aliphatic carbocycles. The quantitative estimate of drug-likeness (QED) is 0.820. The number of fused-ring (bicyclic) bond motifs is 1. The molecule has 7 nitrogen and oxygen atoms in total. The molecule has 8 heteroatoms. The third-order valence-corrected chi connectivity index (χ3v) is 7.36. The lowest BCUT2D eigenvalue weighted by Gasteiger charge is -2.33. The topological polar surface area (TPSA) is 71.3 Å². The second kappa shape index (κ2) is 7.09. The first-order valence-corrected chi connectivity index (χ1v) is 10.7. The predicted molar refractivity (Wildman–Crippen MR) is 99.6 cm³/mol. The second-order valence-corrected chi connectivity index (χ2v) is 9.11. The molecule has 3 heterocycles. The van der Waals surface area contributed by atoms with Gasteiger partial charge in [0.15, 0.2) is 5.82 Å². The highest BCUT2D eigenvalue weighted by molar-refractivity contribution is 7.86. The van der Waals surface area contributed by atoms with Crippen LogP contribution in [0.4, 0.5) is 0 Å². The Labute approximate surface area is 154 Å². The Hall–Kier alpha value is -1.77. The van der Waals surface area contributed by atoms with Gasteiger partial charge in [-0.05, 0) is 18.8 Å². The van der Waals surface area contributed by atoms with Crippen LogP contribution >= 0.6 is 0 Å². The van der Waals surface area contributed by atoms with Gasteiger partial charge in [0.1, 0.15) is 5.82 Å². The summed E-state index contributed by atoms with van der Waals surface area (Å²) in [5.41, 5.74) is 0.986. The zero-order chi connectivity index (χ0) is 18.1. The molecule has 4 rings (SSSR count). The summed E-state index contributed by atoms with van der Waals surface area (Å²) in [5.74, 6) is 2.17. The first kappa shape index (κ1) is 17.6. The van der Waals surface area contributed by atoms with Crippen LogP contribution in [0.3, 0.4) is 0 Å². The Morgan fingerprint density at radius 2 is 1.65 bits per heavy atom. The zero-order valence-corrected chi connectivity index (χ0v) is 15.9. The maximum absolute atomic E-state index is 13.0. The van der Waals surface area contributed by atoms with Crippen molar-refractivity contribution >= 4 is 10.2 Å². The van der Waals surface area contributed by atoms with Crippen molar-refractivity contribution < 1.29 is 8.42 Å². The third kappa shape index (κ3) is 3.41. The first-order valence-electron chi connectivity index (χ1n) is 9.28. The normalized spacial score (nSPS) is 20.7. The maximum atomic E-state index is 13.0. The molecule has 0 amide bonds. The molecular formula is C18H25N5O2S. The fourth-order valence-electron chi connectivity index (χ4n) is 3.60. The molecule has 0 bridgehead atoms. The summed E-state index contributed by atoms with van der Waals surface area (Å²) in [7, 11) is -3.39. The van der Waals surface area contributed by atoms with Crippen LogP contribution in [0.15, 0.2) is 30.3 Å². The molecule has 2 aromatic rings. The molecule has 2 aliphatic rings. The van der Waals surface area contributed by atoms with Crippen molar-refractivity contribution in [1.29, 1.82) is 0 Å². The smallest absolute Gasteiger partial charge is 0.248 e. The van der Waals surface area contributed by atoms with Crippen molar-refractivity contribution in [2.75, 3.05) is 26.2 Å². The van der Waals surface area contributed by atoms with Gasteiger partial charge in [-0.1, -0.05) is 37.3 Å². The fraction of sp³-hybridized carbons (Fsp3) is 0.556. The third-order valence-electron chi connectivity index (χ3n) is 5.32. The molecule has 0 atom stereocenters. The highest BCUT2D eigenvalue weighted by atomic mass is 32.2. The number of rotatable bonds is 3. The Bertz CT molecular complexity index is 831. The van der Waals surface area contributed by atoms with Gasteiger partial charge in [0.2, 0.25) is 0 Å². The van der Waals surface area contributed by atoms with Crippen molar-refractivity contribution in [3.8, 4) is 11.4 Å². The van der Waals surface area contributed by atoms with E-state index < -0.39 is 10.2 Å². The average molecular weight is 375 g/mol. The number of piperidine rings is 1. The molecule has 0 N–H and O–H groups in total. The van der Waals surface area contributed by atoms with Crippen molar-refractivity contribution in [2.24, 2.45) is 5.92 Å². The van der Waals surface area contributed by atoms with Gasteiger partial charge in [-0.15, -0.1) is 0 Å². The average Bonchev–Trinajstić information content (AvgIpc) is 2.95. The van der Waals surface area contributed by atoms with Gasteiger partial charge in [-0.2, -0.15) is 22.1 Å². The van der Waals surface area contributed by atoms with Gasteiger partial charge < -0.3 is 0 Å². The van der Waals surface area contributed by atoms with Crippen molar-refractivity contribution in [3.05, 3.63) is 36.2 Å². The molecule has 1 aromatic carbocycles. The van der Waals surface area contributed by atoms with Gasteiger partial charge in [0.05, 0.1) is 6.54 Å². The Morgan fingerprint density at radius 1 is 0.962 bits per heavy atom. The Kier molecular flexibility index (Phi) is 4.81. The van der Waals surface area contributed by atoms with E-state index >= 15 is 0 Å². The fourth-order valence-corrected chi connectivity index (χ4v) is 5.23. The van der Waals surface area contributed by atoms with E-state index in [0.29, 0.717) is 50.9 Å². The lowest BCUT2D eigenvalue weighted by Crippen LogP contribution is -2.47. The van der Waals surface area contributed by atoms with Gasteiger partial charge >= 0.3 is 0 Å². The molecule has 1 saturated heterocycles. The molecule has 2 aliphatic heterocycles. The Balaban J connectivity index is 1.48. The largest absolute Gasteiger partial charge is 0.282 e. The van der Waals surface area contributed by atoms with Crippen LogP contribution in [0, 0.1) is 5.92 Å². The molecule has 1 aromatic heterocycles. The van der Waals surface area contributed by atoms with Crippen molar-refractivity contribution in [2.45, 2.75) is 32.7 Å². The summed E-state index contributed by atoms with van der Waals surface area (Å²) in [4.78, 5) is 4.64. The summed E-state index contributed by atoms with van der Waals surface area (Å²) >= 11 is 0. The Morgan fingerprint density at radius 3 is 2.38 bits per heavy atom. The van der Waals surface area contributed by atoms with Crippen LogP contribution in [0.5, 0.6) is 0 Å².